The molecule has 36 heavy (non-hydrogen) atoms. The first-order valence-corrected chi connectivity index (χ1v) is 12.7. The fourth-order valence-electron chi connectivity index (χ4n) is 3.67. The number of benzene rings is 1. The summed E-state index contributed by atoms with van der Waals surface area (Å²) in [4.78, 5) is 50.5. The average molecular weight is 537 g/mol. The van der Waals surface area contributed by atoms with E-state index in [1.165, 1.54) is 11.6 Å². The molecule has 4 N–H and O–H groups in total. The number of hydrogen-bond acceptors (Lipinski definition) is 7. The van der Waals surface area contributed by atoms with Gasteiger partial charge in [-0.25, -0.2) is 4.79 Å². The Labute approximate surface area is 217 Å². The number of rotatable bonds is 10. The van der Waals surface area contributed by atoms with Gasteiger partial charge < -0.3 is 30.7 Å². The number of aliphatic carboxylic acids is 1. The number of carboxylic acids is 1. The van der Waals surface area contributed by atoms with Gasteiger partial charge in [-0.1, -0.05) is 29.0 Å². The maximum atomic E-state index is 13.1. The summed E-state index contributed by atoms with van der Waals surface area (Å²) >= 11 is 6.92. The third-order valence-corrected chi connectivity index (χ3v) is 6.76. The van der Waals surface area contributed by atoms with E-state index < -0.39 is 29.9 Å². The van der Waals surface area contributed by atoms with Crippen LogP contribution in [0.5, 0.6) is 5.06 Å². The molecule has 1 atom stereocenters. The Morgan fingerprint density at radius 2 is 1.86 bits per heavy atom. The summed E-state index contributed by atoms with van der Waals surface area (Å²) in [6.07, 6.45) is 0.920. The molecule has 0 radical (unpaired) electrons. The molecular formula is C24H29ClN4O6S. The predicted molar refractivity (Wildman–Crippen MR) is 137 cm³/mol. The minimum Gasteiger partial charge on any atom is -0.481 e. The summed E-state index contributed by atoms with van der Waals surface area (Å²) in [5, 5.41) is 16.8. The van der Waals surface area contributed by atoms with Crippen LogP contribution < -0.4 is 20.7 Å². The number of carboxylic acid groups (broad SMARTS) is 1. The third-order valence-electron chi connectivity index (χ3n) is 5.65. The van der Waals surface area contributed by atoms with E-state index in [1.807, 2.05) is 18.2 Å². The van der Waals surface area contributed by atoms with Gasteiger partial charge >= 0.3 is 12.1 Å². The van der Waals surface area contributed by atoms with E-state index in [-0.39, 0.29) is 30.9 Å². The molecule has 0 fully saturated rings. The lowest BCUT2D eigenvalue weighted by Gasteiger charge is -2.19. The van der Waals surface area contributed by atoms with Crippen LogP contribution in [0.2, 0.25) is 4.34 Å². The summed E-state index contributed by atoms with van der Waals surface area (Å²) in [6, 6.07) is 7.70. The van der Waals surface area contributed by atoms with Crippen molar-refractivity contribution in [1.29, 1.82) is 0 Å². The third kappa shape index (κ3) is 8.81. The fraction of sp³-hybridized carbons (Fsp3) is 0.417. The van der Waals surface area contributed by atoms with Gasteiger partial charge in [0.1, 0.15) is 6.04 Å². The number of thiophene rings is 1. The molecule has 0 unspecified atom stereocenters. The highest BCUT2D eigenvalue weighted by Crippen LogP contribution is 2.28. The van der Waals surface area contributed by atoms with Crippen molar-refractivity contribution >= 4 is 52.5 Å². The number of nitrogens with one attached hydrogen (secondary N) is 3. The molecule has 1 aromatic carbocycles. The van der Waals surface area contributed by atoms with Gasteiger partial charge in [-0.15, -0.1) is 0 Å². The summed E-state index contributed by atoms with van der Waals surface area (Å²) in [5.74, 6) is -1.96. The lowest BCUT2D eigenvalue weighted by molar-refractivity contribution is -0.137. The van der Waals surface area contributed by atoms with Gasteiger partial charge in [-0.3, -0.25) is 14.4 Å². The number of halogens is 1. The first kappa shape index (κ1) is 27.4. The summed E-state index contributed by atoms with van der Waals surface area (Å²) in [6.45, 7) is 1.68. The number of hydrogen-bond donors (Lipinski definition) is 4. The SMILES string of the molecule is CN1CCc2ccc(NC(=O)[C@@H](CNC(=O)CCCC(=O)O)NC(=O)Oc3ccc(Cl)s3)cc2CC1. The minimum atomic E-state index is -1.14. The van der Waals surface area contributed by atoms with Gasteiger partial charge in [-0.2, -0.15) is 0 Å². The lowest BCUT2D eigenvalue weighted by Crippen LogP contribution is -2.51. The van der Waals surface area contributed by atoms with Gasteiger partial charge in [0.05, 0.1) is 4.34 Å². The first-order valence-electron chi connectivity index (χ1n) is 11.5. The quantitative estimate of drug-likeness (QED) is 0.366. The second-order valence-electron chi connectivity index (χ2n) is 8.47. The van der Waals surface area contributed by atoms with E-state index in [2.05, 4.69) is 27.9 Å². The molecule has 3 rings (SSSR count). The fourth-order valence-corrected chi connectivity index (χ4v) is 4.55. The van der Waals surface area contributed by atoms with E-state index in [9.17, 15) is 19.2 Å². The summed E-state index contributed by atoms with van der Waals surface area (Å²) in [7, 11) is 2.07. The van der Waals surface area contributed by atoms with Crippen LogP contribution in [0.1, 0.15) is 30.4 Å². The van der Waals surface area contributed by atoms with Crippen LogP contribution in [-0.2, 0) is 27.2 Å². The van der Waals surface area contributed by atoms with Crippen molar-refractivity contribution in [3.05, 3.63) is 45.8 Å². The molecule has 1 aliphatic rings. The van der Waals surface area contributed by atoms with Crippen LogP contribution in [0.4, 0.5) is 10.5 Å². The van der Waals surface area contributed by atoms with Gasteiger partial charge in [0.15, 0.2) is 5.06 Å². The highest BCUT2D eigenvalue weighted by Gasteiger charge is 2.24. The van der Waals surface area contributed by atoms with Crippen molar-refractivity contribution < 1.29 is 29.0 Å². The predicted octanol–water partition coefficient (Wildman–Crippen LogP) is 2.90. The minimum absolute atomic E-state index is 0.0158. The lowest BCUT2D eigenvalue weighted by atomic mass is 10.0. The first-order chi connectivity index (χ1) is 17.2. The zero-order valence-electron chi connectivity index (χ0n) is 19.8. The Bertz CT molecular complexity index is 1110. The smallest absolute Gasteiger partial charge is 0.414 e. The molecule has 194 valence electrons. The standard InChI is InChI=1S/C24H29ClN4O6S/c1-29-11-9-15-5-6-17(13-16(15)10-12-29)27-23(33)18(14-26-20(30)3-2-4-21(31)32)28-24(34)35-22-8-7-19(25)36-22/h5-8,13,18H,2-4,9-12,14H2,1H3,(H,26,30)(H,27,33)(H,28,34)(H,31,32)/t18-/m1/s1. The number of amides is 3. The maximum Gasteiger partial charge on any atom is 0.414 e. The van der Waals surface area contributed by atoms with Crippen molar-refractivity contribution in [2.75, 3.05) is 32.0 Å². The molecule has 0 saturated heterocycles. The molecule has 2 aromatic rings. The number of nitrogens with zero attached hydrogens (tertiary/aromatic N) is 1. The monoisotopic (exact) mass is 536 g/mol. The van der Waals surface area contributed by atoms with Gasteiger partial charge in [0.2, 0.25) is 11.8 Å². The molecule has 12 heteroatoms. The molecule has 0 spiro atoms. The second-order valence-corrected chi connectivity index (χ2v) is 10.1. The normalized spacial score (nSPS) is 14.2. The summed E-state index contributed by atoms with van der Waals surface area (Å²) < 4.78 is 5.62. The zero-order chi connectivity index (χ0) is 26.1. The van der Waals surface area contributed by atoms with E-state index >= 15 is 0 Å². The Morgan fingerprint density at radius 1 is 1.11 bits per heavy atom. The van der Waals surface area contributed by atoms with Crippen molar-refractivity contribution in [2.24, 2.45) is 0 Å². The van der Waals surface area contributed by atoms with Crippen LogP contribution in [-0.4, -0.2) is 66.6 Å². The largest absolute Gasteiger partial charge is 0.481 e. The van der Waals surface area contributed by atoms with Crippen molar-refractivity contribution in [3.63, 3.8) is 0 Å². The van der Waals surface area contributed by atoms with Crippen LogP contribution in [0.25, 0.3) is 0 Å². The molecule has 1 aliphatic heterocycles. The topological polar surface area (TPSA) is 137 Å². The molecular weight excluding hydrogens is 508 g/mol. The molecule has 10 nitrogen and oxygen atoms in total. The number of fused-ring (bicyclic) bond motifs is 1. The molecule has 2 heterocycles. The van der Waals surface area contributed by atoms with Gasteiger partial charge in [0, 0.05) is 38.2 Å². The number of likely N-dealkylation sites (N-methyl/N-ethyl adjacent to an activating group) is 1. The Balaban J connectivity index is 1.64. The number of anilines is 1. The van der Waals surface area contributed by atoms with Crippen LogP contribution in [0.3, 0.4) is 0 Å². The molecule has 0 saturated carbocycles. The average Bonchev–Trinajstić information content (AvgIpc) is 3.13. The van der Waals surface area contributed by atoms with E-state index in [0.717, 1.165) is 42.8 Å². The Kier molecular flexibility index (Phi) is 10.1. The summed E-state index contributed by atoms with van der Waals surface area (Å²) in [5.41, 5.74) is 2.97. The maximum absolute atomic E-state index is 13.1. The van der Waals surface area contributed by atoms with Crippen LogP contribution >= 0.6 is 22.9 Å². The van der Waals surface area contributed by atoms with Crippen LogP contribution in [0.15, 0.2) is 30.3 Å². The van der Waals surface area contributed by atoms with Crippen molar-refractivity contribution in [1.82, 2.24) is 15.5 Å². The highest BCUT2D eigenvalue weighted by molar-refractivity contribution is 7.17. The molecule has 0 bridgehead atoms. The second kappa shape index (κ2) is 13.2. The van der Waals surface area contributed by atoms with Gasteiger partial charge in [0.25, 0.3) is 0 Å². The van der Waals surface area contributed by atoms with Crippen LogP contribution in [0, 0.1) is 0 Å². The van der Waals surface area contributed by atoms with E-state index in [1.54, 1.807) is 6.07 Å². The van der Waals surface area contributed by atoms with E-state index in [4.69, 9.17) is 21.4 Å². The number of ether oxygens (including phenoxy) is 1. The number of carbonyl (C=O) groups excluding carboxylic acids is 3. The number of carbonyl (C=O) groups is 4. The molecule has 0 aliphatic carbocycles. The van der Waals surface area contributed by atoms with Crippen molar-refractivity contribution in [2.45, 2.75) is 38.1 Å². The Morgan fingerprint density at radius 3 is 2.56 bits per heavy atom. The molecule has 1 aromatic heterocycles. The van der Waals surface area contributed by atoms with Gasteiger partial charge in [-0.05, 0) is 61.7 Å². The Hall–Kier alpha value is -3.15. The highest BCUT2D eigenvalue weighted by atomic mass is 35.5. The van der Waals surface area contributed by atoms with E-state index in [0.29, 0.717) is 10.0 Å². The zero-order valence-corrected chi connectivity index (χ0v) is 21.4. The molecule has 3 amide bonds. The van der Waals surface area contributed by atoms with Crippen molar-refractivity contribution in [3.8, 4) is 5.06 Å².